The van der Waals surface area contributed by atoms with E-state index in [4.69, 9.17) is 30.5 Å². The Morgan fingerprint density at radius 1 is 1.03 bits per heavy atom. The van der Waals surface area contributed by atoms with E-state index >= 15 is 0 Å². The number of rotatable bonds is 6. The molecule has 0 radical (unpaired) electrons. The van der Waals surface area contributed by atoms with Gasteiger partial charge in [0, 0.05) is 37.9 Å². The van der Waals surface area contributed by atoms with Gasteiger partial charge in [0.1, 0.15) is 11.9 Å². The number of hydrogen-bond acceptors (Lipinski definition) is 8. The van der Waals surface area contributed by atoms with E-state index in [1.165, 1.54) is 39.0 Å². The molecule has 1 N–H and O–H groups in total. The van der Waals surface area contributed by atoms with Gasteiger partial charge in [-0.2, -0.15) is 0 Å². The van der Waals surface area contributed by atoms with Crippen molar-refractivity contribution < 1.29 is 42.8 Å². The predicted octanol–water partition coefficient (Wildman–Crippen LogP) is 3.84. The number of carbonyl (C=O) groups excluding carboxylic acids is 3. The van der Waals surface area contributed by atoms with Crippen LogP contribution >= 0.6 is 11.6 Å². The summed E-state index contributed by atoms with van der Waals surface area (Å²) in [6, 6.07) is 10.6. The van der Waals surface area contributed by atoms with Crippen molar-refractivity contribution in [3.05, 3.63) is 70.6 Å². The number of aliphatic hydroxyl groups excluding tert-OH is 1. The Balaban J connectivity index is 1.85. The zero-order valence-corrected chi connectivity index (χ0v) is 21.0. The molecular weight excluding hydrogens is 509 g/mol. The first-order valence-electron chi connectivity index (χ1n) is 11.4. The molecule has 1 fully saturated rings. The van der Waals surface area contributed by atoms with Gasteiger partial charge in [0.05, 0.1) is 17.1 Å². The van der Waals surface area contributed by atoms with E-state index in [0.717, 1.165) is 0 Å². The molecular formula is C26H25ClFNO8. The van der Waals surface area contributed by atoms with E-state index in [1.807, 2.05) is 0 Å². The number of aliphatic hydroxyl groups is 1. The van der Waals surface area contributed by atoms with Crippen LogP contribution < -0.4 is 0 Å². The molecule has 2 aromatic carbocycles. The number of nitrogens with zero attached hydrogens (tertiary/aromatic N) is 1. The number of ether oxygens (including phenoxy) is 4. The quantitative estimate of drug-likeness (QED) is 0.375. The number of carbonyl (C=O) groups is 3. The second kappa shape index (κ2) is 10.9. The fourth-order valence-corrected chi connectivity index (χ4v) is 4.81. The second-order valence-corrected chi connectivity index (χ2v) is 9.01. The summed E-state index contributed by atoms with van der Waals surface area (Å²) in [5.41, 5.74) is 1.16. The molecule has 37 heavy (non-hydrogen) atoms. The standard InChI is InChI=1S/C26H25ClFNO8/c1-13(30)35-21-12-34-26(25(37-15(3)32)24(21)36-14(2)31)29-11-18(22-19(27)8-5-9-20(22)29)23(33)16-6-4-7-17(28)10-16/h4-11,21,23-26,33H,12H2,1-3H3/t21-,23?,24+,25-,26-/m1/s1. The lowest BCUT2D eigenvalue weighted by Gasteiger charge is -2.41. The highest BCUT2D eigenvalue weighted by molar-refractivity contribution is 6.35. The zero-order valence-electron chi connectivity index (χ0n) is 20.2. The second-order valence-electron chi connectivity index (χ2n) is 8.60. The molecule has 1 aromatic heterocycles. The Kier molecular flexibility index (Phi) is 7.82. The maximum Gasteiger partial charge on any atom is 0.303 e. The monoisotopic (exact) mass is 533 g/mol. The van der Waals surface area contributed by atoms with E-state index < -0.39 is 54.4 Å². The minimum atomic E-state index is -1.26. The van der Waals surface area contributed by atoms with Crippen LogP contribution in [-0.2, 0) is 33.3 Å². The molecule has 5 atom stereocenters. The Hall–Kier alpha value is -3.47. The van der Waals surface area contributed by atoms with Gasteiger partial charge in [-0.1, -0.05) is 29.8 Å². The first kappa shape index (κ1) is 26.6. The summed E-state index contributed by atoms with van der Waals surface area (Å²) in [5.74, 6) is -2.52. The van der Waals surface area contributed by atoms with Crippen molar-refractivity contribution >= 4 is 40.4 Å². The summed E-state index contributed by atoms with van der Waals surface area (Å²) in [6.45, 7) is 3.38. The molecule has 0 bridgehead atoms. The zero-order chi connectivity index (χ0) is 26.9. The van der Waals surface area contributed by atoms with Crippen LogP contribution in [0.25, 0.3) is 10.9 Å². The molecule has 1 aliphatic rings. The Morgan fingerprint density at radius 2 is 1.68 bits per heavy atom. The molecule has 9 nitrogen and oxygen atoms in total. The van der Waals surface area contributed by atoms with Crippen molar-refractivity contribution in [3.63, 3.8) is 0 Å². The Morgan fingerprint density at radius 3 is 2.32 bits per heavy atom. The molecule has 0 saturated carbocycles. The molecule has 0 aliphatic carbocycles. The van der Waals surface area contributed by atoms with E-state index in [9.17, 15) is 23.9 Å². The molecule has 3 aromatic rings. The maximum atomic E-state index is 13.9. The van der Waals surface area contributed by atoms with Gasteiger partial charge in [-0.05, 0) is 29.8 Å². The number of halogens is 2. The topological polar surface area (TPSA) is 113 Å². The van der Waals surface area contributed by atoms with Gasteiger partial charge in [0.25, 0.3) is 0 Å². The highest BCUT2D eigenvalue weighted by Crippen LogP contribution is 2.40. The van der Waals surface area contributed by atoms with Crippen LogP contribution in [0.15, 0.2) is 48.7 Å². The number of fused-ring (bicyclic) bond motifs is 1. The van der Waals surface area contributed by atoms with Crippen molar-refractivity contribution in [2.45, 2.75) is 51.4 Å². The Bertz CT molecular complexity index is 1340. The number of aromatic nitrogens is 1. The summed E-state index contributed by atoms with van der Waals surface area (Å²) in [7, 11) is 0. The van der Waals surface area contributed by atoms with Gasteiger partial charge in [0.15, 0.2) is 24.5 Å². The third-order valence-corrected chi connectivity index (χ3v) is 6.21. The lowest BCUT2D eigenvalue weighted by molar-refractivity contribution is -0.239. The molecule has 11 heteroatoms. The lowest BCUT2D eigenvalue weighted by Crippen LogP contribution is -2.55. The van der Waals surface area contributed by atoms with Crippen molar-refractivity contribution in [2.75, 3.05) is 6.61 Å². The molecule has 196 valence electrons. The molecule has 4 rings (SSSR count). The van der Waals surface area contributed by atoms with Crippen LogP contribution in [0.1, 0.15) is 44.2 Å². The van der Waals surface area contributed by atoms with Gasteiger partial charge in [-0.15, -0.1) is 0 Å². The third kappa shape index (κ3) is 5.61. The summed E-state index contributed by atoms with van der Waals surface area (Å²) in [4.78, 5) is 35.7. The van der Waals surface area contributed by atoms with E-state index in [2.05, 4.69) is 0 Å². The largest absolute Gasteiger partial charge is 0.456 e. The smallest absolute Gasteiger partial charge is 0.303 e. The van der Waals surface area contributed by atoms with Crippen LogP contribution in [0, 0.1) is 5.82 Å². The van der Waals surface area contributed by atoms with Gasteiger partial charge >= 0.3 is 17.9 Å². The summed E-state index contributed by atoms with van der Waals surface area (Å²) < 4.78 is 37.7. The van der Waals surface area contributed by atoms with Gasteiger partial charge in [-0.3, -0.25) is 14.4 Å². The van der Waals surface area contributed by atoms with Crippen LogP contribution in [0.5, 0.6) is 0 Å². The van der Waals surface area contributed by atoms with Crippen molar-refractivity contribution in [3.8, 4) is 0 Å². The van der Waals surface area contributed by atoms with Gasteiger partial charge in [0.2, 0.25) is 0 Å². The third-order valence-electron chi connectivity index (χ3n) is 5.89. The molecule has 1 unspecified atom stereocenters. The summed E-state index contributed by atoms with van der Waals surface area (Å²) in [5, 5.41) is 12.0. The van der Waals surface area contributed by atoms with Crippen molar-refractivity contribution in [2.24, 2.45) is 0 Å². The minimum Gasteiger partial charge on any atom is -0.456 e. The number of hydrogen-bond donors (Lipinski definition) is 1. The van der Waals surface area contributed by atoms with Crippen molar-refractivity contribution in [1.29, 1.82) is 0 Å². The fourth-order valence-electron chi connectivity index (χ4n) is 4.53. The average Bonchev–Trinajstić information content (AvgIpc) is 3.20. The maximum absolute atomic E-state index is 13.9. The van der Waals surface area contributed by atoms with Gasteiger partial charge in [-0.25, -0.2) is 4.39 Å². The predicted molar refractivity (Wildman–Crippen MR) is 129 cm³/mol. The molecule has 0 amide bonds. The SMILES string of the molecule is CC(=O)O[C@@H]1[C@@H](OC(C)=O)[C@H](OC(C)=O)CO[C@H]1n1cc(C(O)c2cccc(F)c2)c2c(Cl)cccc21. The van der Waals surface area contributed by atoms with E-state index in [-0.39, 0.29) is 6.61 Å². The first-order chi connectivity index (χ1) is 17.6. The summed E-state index contributed by atoms with van der Waals surface area (Å²) in [6.07, 6.45) is -4.21. The fraction of sp³-hybridized carbons (Fsp3) is 0.346. The summed E-state index contributed by atoms with van der Waals surface area (Å²) >= 11 is 6.52. The highest BCUT2D eigenvalue weighted by atomic mass is 35.5. The van der Waals surface area contributed by atoms with E-state index in [1.54, 1.807) is 35.0 Å². The normalized spacial score (nSPS) is 22.3. The highest BCUT2D eigenvalue weighted by Gasteiger charge is 2.48. The minimum absolute atomic E-state index is 0.179. The lowest BCUT2D eigenvalue weighted by atomic mass is 10.0. The van der Waals surface area contributed by atoms with Crippen LogP contribution in [0.4, 0.5) is 4.39 Å². The van der Waals surface area contributed by atoms with Crippen molar-refractivity contribution in [1.82, 2.24) is 4.57 Å². The molecule has 1 aliphatic heterocycles. The average molecular weight is 534 g/mol. The molecule has 1 saturated heterocycles. The van der Waals surface area contributed by atoms with Crippen LogP contribution in [0.3, 0.4) is 0 Å². The van der Waals surface area contributed by atoms with Gasteiger partial charge < -0.3 is 28.6 Å². The first-order valence-corrected chi connectivity index (χ1v) is 11.8. The van der Waals surface area contributed by atoms with Crippen LogP contribution in [0.2, 0.25) is 5.02 Å². The number of benzene rings is 2. The molecule has 2 heterocycles. The van der Waals surface area contributed by atoms with E-state index in [0.29, 0.717) is 27.1 Å². The molecule has 0 spiro atoms. The van der Waals surface area contributed by atoms with Crippen LogP contribution in [-0.4, -0.2) is 52.5 Å². The Labute approximate surface area is 216 Å². The number of esters is 3.